The van der Waals surface area contributed by atoms with E-state index in [0.717, 1.165) is 24.4 Å². The molecule has 2 aliphatic carbocycles. The second-order valence-corrected chi connectivity index (χ2v) is 8.35. The molecule has 1 heteroatoms. The first-order valence-corrected chi connectivity index (χ1v) is 11.1. The number of hydrogen-bond acceptors (Lipinski definition) is 1. The van der Waals surface area contributed by atoms with E-state index >= 15 is 0 Å². The zero-order valence-electron chi connectivity index (χ0n) is 16.5. The van der Waals surface area contributed by atoms with Crippen molar-refractivity contribution in [3.8, 4) is 0 Å². The van der Waals surface area contributed by atoms with E-state index in [0.29, 0.717) is 6.10 Å². The highest BCUT2D eigenvalue weighted by molar-refractivity contribution is 5.00. The van der Waals surface area contributed by atoms with Crippen LogP contribution in [-0.2, 0) is 4.74 Å². The van der Waals surface area contributed by atoms with E-state index in [2.05, 4.69) is 26.0 Å². The number of rotatable bonds is 11. The van der Waals surface area contributed by atoms with Gasteiger partial charge in [0.1, 0.15) is 0 Å². The van der Waals surface area contributed by atoms with Gasteiger partial charge in [-0.2, -0.15) is 0 Å². The molecule has 2 rings (SSSR count). The highest BCUT2D eigenvalue weighted by Gasteiger charge is 2.28. The molecule has 0 heterocycles. The maximum atomic E-state index is 6.03. The van der Waals surface area contributed by atoms with Crippen LogP contribution in [0.2, 0.25) is 0 Å². The Hall–Kier alpha value is -0.300. The van der Waals surface area contributed by atoms with Gasteiger partial charge in [0, 0.05) is 6.61 Å². The lowest BCUT2D eigenvalue weighted by Gasteiger charge is -2.35. The monoisotopic (exact) mass is 334 g/mol. The van der Waals surface area contributed by atoms with Gasteiger partial charge in [0.25, 0.3) is 0 Å². The first-order valence-electron chi connectivity index (χ1n) is 11.1. The number of unbranched alkanes of at least 4 members (excludes halogenated alkanes) is 5. The van der Waals surface area contributed by atoms with Crippen LogP contribution >= 0.6 is 0 Å². The van der Waals surface area contributed by atoms with Crippen LogP contribution in [0.1, 0.15) is 104 Å². The summed E-state index contributed by atoms with van der Waals surface area (Å²) in [5, 5.41) is 0. The molecule has 0 spiro atoms. The van der Waals surface area contributed by atoms with Gasteiger partial charge < -0.3 is 4.74 Å². The molecule has 0 aromatic rings. The van der Waals surface area contributed by atoms with Crippen LogP contribution in [0.15, 0.2) is 12.2 Å². The van der Waals surface area contributed by atoms with Gasteiger partial charge in [-0.25, -0.2) is 0 Å². The molecular formula is C23H42O. The van der Waals surface area contributed by atoms with Crippen LogP contribution in [0.3, 0.4) is 0 Å². The SMILES string of the molecule is CCCCCCCC1C=CC(C2CCC(OCCCC)CC2)CC1. The maximum absolute atomic E-state index is 6.03. The fourth-order valence-electron chi connectivity index (χ4n) is 4.62. The lowest BCUT2D eigenvalue weighted by atomic mass is 9.73. The molecule has 2 atom stereocenters. The van der Waals surface area contributed by atoms with Crippen molar-refractivity contribution in [2.24, 2.45) is 17.8 Å². The normalized spacial score (nSPS) is 30.6. The minimum absolute atomic E-state index is 0.566. The summed E-state index contributed by atoms with van der Waals surface area (Å²) < 4.78 is 6.03. The van der Waals surface area contributed by atoms with E-state index in [-0.39, 0.29) is 0 Å². The van der Waals surface area contributed by atoms with Crippen molar-refractivity contribution < 1.29 is 4.74 Å². The van der Waals surface area contributed by atoms with Crippen LogP contribution < -0.4 is 0 Å². The Morgan fingerprint density at radius 1 is 0.750 bits per heavy atom. The summed E-state index contributed by atoms with van der Waals surface area (Å²) in [5.74, 6) is 2.70. The van der Waals surface area contributed by atoms with Gasteiger partial charge in [-0.3, -0.25) is 0 Å². The van der Waals surface area contributed by atoms with Gasteiger partial charge in [0.15, 0.2) is 0 Å². The number of ether oxygens (including phenoxy) is 1. The molecule has 0 amide bonds. The maximum Gasteiger partial charge on any atom is 0.0575 e. The quantitative estimate of drug-likeness (QED) is 0.284. The molecule has 2 aliphatic rings. The molecule has 24 heavy (non-hydrogen) atoms. The lowest BCUT2D eigenvalue weighted by molar-refractivity contribution is 0.0114. The van der Waals surface area contributed by atoms with E-state index < -0.39 is 0 Å². The highest BCUT2D eigenvalue weighted by atomic mass is 16.5. The van der Waals surface area contributed by atoms with Crippen molar-refractivity contribution in [3.63, 3.8) is 0 Å². The summed E-state index contributed by atoms with van der Waals surface area (Å²) in [6.45, 7) is 5.53. The molecule has 0 aromatic heterocycles. The largest absolute Gasteiger partial charge is 0.378 e. The third-order valence-corrected chi connectivity index (χ3v) is 6.36. The smallest absolute Gasteiger partial charge is 0.0575 e. The Morgan fingerprint density at radius 2 is 1.50 bits per heavy atom. The average Bonchev–Trinajstić information content (AvgIpc) is 2.63. The Kier molecular flexibility index (Phi) is 10.1. The van der Waals surface area contributed by atoms with Gasteiger partial charge in [0.05, 0.1) is 6.10 Å². The molecule has 140 valence electrons. The van der Waals surface area contributed by atoms with Crippen molar-refractivity contribution in [3.05, 3.63) is 12.2 Å². The van der Waals surface area contributed by atoms with Crippen LogP contribution in [0.4, 0.5) is 0 Å². The Balaban J connectivity index is 1.59. The molecule has 0 aliphatic heterocycles. The van der Waals surface area contributed by atoms with E-state index in [4.69, 9.17) is 4.74 Å². The Bertz CT molecular complexity index is 327. The van der Waals surface area contributed by atoms with Gasteiger partial charge in [-0.15, -0.1) is 0 Å². The molecule has 0 aromatic carbocycles. The lowest BCUT2D eigenvalue weighted by Crippen LogP contribution is -2.27. The van der Waals surface area contributed by atoms with E-state index in [1.165, 1.54) is 89.9 Å². The topological polar surface area (TPSA) is 9.23 Å². The predicted molar refractivity (Wildman–Crippen MR) is 105 cm³/mol. The van der Waals surface area contributed by atoms with Gasteiger partial charge in [-0.1, -0.05) is 64.5 Å². The third kappa shape index (κ3) is 7.30. The fraction of sp³-hybridized carbons (Fsp3) is 0.913. The molecule has 0 saturated heterocycles. The van der Waals surface area contributed by atoms with Crippen LogP contribution in [0.25, 0.3) is 0 Å². The Morgan fingerprint density at radius 3 is 2.17 bits per heavy atom. The number of hydrogen-bond donors (Lipinski definition) is 0. The standard InChI is InChI=1S/C23H42O/c1-3-5-7-8-9-10-20-11-13-21(14-12-20)22-15-17-23(18-16-22)24-19-6-4-2/h11,13,20-23H,3-10,12,14-19H2,1-2H3. The molecule has 0 bridgehead atoms. The molecule has 0 radical (unpaired) electrons. The minimum Gasteiger partial charge on any atom is -0.378 e. The van der Waals surface area contributed by atoms with Crippen LogP contribution in [0.5, 0.6) is 0 Å². The zero-order chi connectivity index (χ0) is 17.0. The summed E-state index contributed by atoms with van der Waals surface area (Å²) in [7, 11) is 0. The fourth-order valence-corrected chi connectivity index (χ4v) is 4.62. The van der Waals surface area contributed by atoms with E-state index in [1.54, 1.807) is 0 Å². The summed E-state index contributed by atoms with van der Waals surface area (Å²) in [6, 6.07) is 0. The van der Waals surface area contributed by atoms with Gasteiger partial charge in [0.2, 0.25) is 0 Å². The highest BCUT2D eigenvalue weighted by Crippen LogP contribution is 2.38. The molecule has 1 saturated carbocycles. The molecule has 1 fully saturated rings. The second kappa shape index (κ2) is 12.1. The molecular weight excluding hydrogens is 292 g/mol. The van der Waals surface area contributed by atoms with E-state index in [9.17, 15) is 0 Å². The third-order valence-electron chi connectivity index (χ3n) is 6.36. The first-order chi connectivity index (χ1) is 11.8. The first kappa shape index (κ1) is 20.0. The molecule has 0 N–H and O–H groups in total. The zero-order valence-corrected chi connectivity index (χ0v) is 16.5. The summed E-state index contributed by atoms with van der Waals surface area (Å²) in [6.07, 6.45) is 25.1. The predicted octanol–water partition coefficient (Wildman–Crippen LogP) is 7.30. The average molecular weight is 335 g/mol. The summed E-state index contributed by atoms with van der Waals surface area (Å²) >= 11 is 0. The van der Waals surface area contributed by atoms with Crippen molar-refractivity contribution in [2.75, 3.05) is 6.61 Å². The minimum atomic E-state index is 0.566. The summed E-state index contributed by atoms with van der Waals surface area (Å²) in [4.78, 5) is 0. The molecule has 2 unspecified atom stereocenters. The van der Waals surface area contributed by atoms with Gasteiger partial charge in [-0.05, 0) is 69.1 Å². The number of allylic oxidation sites excluding steroid dienone is 2. The van der Waals surface area contributed by atoms with Gasteiger partial charge >= 0.3 is 0 Å². The van der Waals surface area contributed by atoms with Crippen molar-refractivity contribution >= 4 is 0 Å². The summed E-state index contributed by atoms with van der Waals surface area (Å²) in [5.41, 5.74) is 0. The van der Waals surface area contributed by atoms with E-state index in [1.807, 2.05) is 0 Å². The molecule has 1 nitrogen and oxygen atoms in total. The van der Waals surface area contributed by atoms with Crippen LogP contribution in [-0.4, -0.2) is 12.7 Å². The van der Waals surface area contributed by atoms with Crippen LogP contribution in [0, 0.1) is 17.8 Å². The Labute approximate surface area is 151 Å². The van der Waals surface area contributed by atoms with Crippen molar-refractivity contribution in [1.82, 2.24) is 0 Å². The van der Waals surface area contributed by atoms with Crippen molar-refractivity contribution in [1.29, 1.82) is 0 Å². The second-order valence-electron chi connectivity index (χ2n) is 8.35. The van der Waals surface area contributed by atoms with Crippen molar-refractivity contribution in [2.45, 2.75) is 110 Å².